The van der Waals surface area contributed by atoms with E-state index in [0.29, 0.717) is 4.75 Å². The first-order valence-corrected chi connectivity index (χ1v) is 9.27. The van der Waals surface area contributed by atoms with Gasteiger partial charge in [0, 0.05) is 10.00 Å². The van der Waals surface area contributed by atoms with Crippen molar-refractivity contribution in [1.82, 2.24) is 0 Å². The molecule has 1 fully saturated rings. The number of hydrogen-bond acceptors (Lipinski definition) is 1. The molecule has 0 spiro atoms. The molecule has 1 aliphatic heterocycles. The zero-order valence-corrected chi connectivity index (χ0v) is 14.4. The fourth-order valence-corrected chi connectivity index (χ4v) is 5.78. The molecule has 2 aliphatic rings. The zero-order valence-electron chi connectivity index (χ0n) is 13.5. The Labute approximate surface area is 124 Å². The van der Waals surface area contributed by atoms with Gasteiger partial charge in [-0.1, -0.05) is 59.1 Å². The molecule has 2 rings (SSSR count). The highest BCUT2D eigenvalue weighted by atomic mass is 32.2. The standard InChI is InChI=1S/C18H32S/c1-6-8-15-9-10-16(15)18(11-14(5)7-2)12-17(19-18)13(3)4/h9,13-14,16-17H,6-8,10-12H2,1-5H3. The maximum atomic E-state index is 2.52. The molecule has 4 unspecified atom stereocenters. The molecule has 0 radical (unpaired) electrons. The van der Waals surface area contributed by atoms with Crippen LogP contribution in [0.1, 0.15) is 73.1 Å². The Kier molecular flexibility index (Phi) is 5.09. The van der Waals surface area contributed by atoms with Crippen LogP contribution in [0.2, 0.25) is 0 Å². The molecule has 1 heteroatoms. The molecule has 0 saturated carbocycles. The van der Waals surface area contributed by atoms with Gasteiger partial charge in [-0.25, -0.2) is 0 Å². The van der Waals surface area contributed by atoms with E-state index in [-0.39, 0.29) is 0 Å². The van der Waals surface area contributed by atoms with Crippen LogP contribution < -0.4 is 0 Å². The lowest BCUT2D eigenvalue weighted by Crippen LogP contribution is -2.52. The van der Waals surface area contributed by atoms with Crippen LogP contribution in [0.4, 0.5) is 0 Å². The second kappa shape index (κ2) is 6.24. The first kappa shape index (κ1) is 15.5. The lowest BCUT2D eigenvalue weighted by atomic mass is 9.67. The molecular formula is C18H32S. The van der Waals surface area contributed by atoms with Gasteiger partial charge in [0.05, 0.1) is 0 Å². The van der Waals surface area contributed by atoms with E-state index in [9.17, 15) is 0 Å². The normalized spacial score (nSPS) is 35.6. The molecule has 0 aromatic rings. The van der Waals surface area contributed by atoms with Gasteiger partial charge in [0.25, 0.3) is 0 Å². The highest BCUT2D eigenvalue weighted by Crippen LogP contribution is 2.62. The number of allylic oxidation sites excluding steroid dienone is 2. The summed E-state index contributed by atoms with van der Waals surface area (Å²) in [7, 11) is 0. The summed E-state index contributed by atoms with van der Waals surface area (Å²) in [5.74, 6) is 2.67. The zero-order chi connectivity index (χ0) is 14.0. The molecule has 1 heterocycles. The summed E-state index contributed by atoms with van der Waals surface area (Å²) in [6.07, 6.45) is 10.8. The summed E-state index contributed by atoms with van der Waals surface area (Å²) in [5, 5.41) is 0.924. The summed E-state index contributed by atoms with van der Waals surface area (Å²) >= 11 is 2.35. The third-order valence-electron chi connectivity index (χ3n) is 5.30. The second-order valence-corrected chi connectivity index (χ2v) is 8.86. The van der Waals surface area contributed by atoms with Gasteiger partial charge < -0.3 is 0 Å². The van der Waals surface area contributed by atoms with E-state index in [1.807, 2.05) is 0 Å². The summed E-state index contributed by atoms with van der Waals surface area (Å²) in [4.78, 5) is 0. The van der Waals surface area contributed by atoms with Crippen LogP contribution in [0, 0.1) is 17.8 Å². The Morgan fingerprint density at radius 2 is 2.00 bits per heavy atom. The van der Waals surface area contributed by atoms with E-state index in [4.69, 9.17) is 0 Å². The highest BCUT2D eigenvalue weighted by molar-refractivity contribution is 8.02. The first-order valence-electron chi connectivity index (χ1n) is 8.39. The largest absolute Gasteiger partial charge is 0.151 e. The highest BCUT2D eigenvalue weighted by Gasteiger charge is 2.53. The Balaban J connectivity index is 2.03. The molecule has 0 amide bonds. The molecule has 0 aromatic carbocycles. The van der Waals surface area contributed by atoms with Crippen molar-refractivity contribution in [2.75, 3.05) is 0 Å². The average Bonchev–Trinajstić information content (AvgIpc) is 2.29. The van der Waals surface area contributed by atoms with Gasteiger partial charge in [-0.3, -0.25) is 0 Å². The van der Waals surface area contributed by atoms with Crippen LogP contribution in [0.3, 0.4) is 0 Å². The predicted octanol–water partition coefficient (Wildman–Crippen LogP) is 6.07. The number of thioether (sulfide) groups is 1. The van der Waals surface area contributed by atoms with E-state index >= 15 is 0 Å². The van der Waals surface area contributed by atoms with Gasteiger partial charge in [0.15, 0.2) is 0 Å². The van der Waals surface area contributed by atoms with Gasteiger partial charge in [-0.15, -0.1) is 0 Å². The van der Waals surface area contributed by atoms with Crippen molar-refractivity contribution >= 4 is 11.8 Å². The van der Waals surface area contributed by atoms with Crippen molar-refractivity contribution in [2.45, 2.75) is 83.1 Å². The van der Waals surface area contributed by atoms with E-state index in [0.717, 1.165) is 23.0 Å². The molecule has 4 atom stereocenters. The molecule has 110 valence electrons. The van der Waals surface area contributed by atoms with Crippen LogP contribution in [-0.2, 0) is 0 Å². The van der Waals surface area contributed by atoms with E-state index < -0.39 is 0 Å². The minimum atomic E-state index is 0.615. The Bertz CT molecular complexity index is 323. The van der Waals surface area contributed by atoms with Crippen molar-refractivity contribution in [3.63, 3.8) is 0 Å². The van der Waals surface area contributed by atoms with E-state index in [1.165, 1.54) is 38.5 Å². The van der Waals surface area contributed by atoms with Crippen molar-refractivity contribution in [3.05, 3.63) is 11.6 Å². The Morgan fingerprint density at radius 1 is 1.32 bits per heavy atom. The molecule has 1 saturated heterocycles. The van der Waals surface area contributed by atoms with Crippen LogP contribution in [-0.4, -0.2) is 10.00 Å². The summed E-state index contributed by atoms with van der Waals surface area (Å²) in [5.41, 5.74) is 1.79. The first-order chi connectivity index (χ1) is 9.02. The van der Waals surface area contributed by atoms with Gasteiger partial charge in [-0.05, 0) is 43.4 Å². The van der Waals surface area contributed by atoms with Gasteiger partial charge in [-0.2, -0.15) is 11.8 Å². The molecule has 0 bridgehead atoms. The molecule has 0 N–H and O–H groups in total. The molecule has 1 aliphatic carbocycles. The lowest BCUT2D eigenvalue weighted by Gasteiger charge is -2.57. The van der Waals surface area contributed by atoms with Crippen LogP contribution in [0.25, 0.3) is 0 Å². The minimum absolute atomic E-state index is 0.615. The van der Waals surface area contributed by atoms with Gasteiger partial charge in [0.1, 0.15) is 0 Å². The van der Waals surface area contributed by atoms with Crippen LogP contribution in [0.5, 0.6) is 0 Å². The van der Waals surface area contributed by atoms with E-state index in [2.05, 4.69) is 52.5 Å². The van der Waals surface area contributed by atoms with Crippen LogP contribution >= 0.6 is 11.8 Å². The van der Waals surface area contributed by atoms with Gasteiger partial charge >= 0.3 is 0 Å². The molecule has 0 nitrogen and oxygen atoms in total. The third-order valence-corrected chi connectivity index (χ3v) is 7.41. The second-order valence-electron chi connectivity index (χ2n) is 7.20. The maximum absolute atomic E-state index is 2.52. The molecule has 0 aromatic heterocycles. The average molecular weight is 281 g/mol. The summed E-state index contributed by atoms with van der Waals surface area (Å²) in [6.45, 7) is 11.9. The van der Waals surface area contributed by atoms with Crippen molar-refractivity contribution in [1.29, 1.82) is 0 Å². The topological polar surface area (TPSA) is 0 Å². The fourth-order valence-electron chi connectivity index (χ4n) is 3.76. The number of hydrogen-bond donors (Lipinski definition) is 0. The predicted molar refractivity (Wildman–Crippen MR) is 88.7 cm³/mol. The monoisotopic (exact) mass is 280 g/mol. The van der Waals surface area contributed by atoms with Crippen molar-refractivity contribution in [2.24, 2.45) is 17.8 Å². The SMILES string of the molecule is CCCC1=CCC1C1(CC(C)CC)CC(C(C)C)S1. The number of rotatable bonds is 7. The Hall–Kier alpha value is 0.0900. The molecule has 19 heavy (non-hydrogen) atoms. The van der Waals surface area contributed by atoms with Crippen molar-refractivity contribution in [3.8, 4) is 0 Å². The fraction of sp³-hybridized carbons (Fsp3) is 0.889. The lowest BCUT2D eigenvalue weighted by molar-refractivity contribution is 0.261. The van der Waals surface area contributed by atoms with E-state index in [1.54, 1.807) is 5.57 Å². The minimum Gasteiger partial charge on any atom is -0.151 e. The van der Waals surface area contributed by atoms with Crippen molar-refractivity contribution < 1.29 is 0 Å². The smallest absolute Gasteiger partial charge is 0.0244 e. The van der Waals surface area contributed by atoms with Gasteiger partial charge in [0.2, 0.25) is 0 Å². The quantitative estimate of drug-likeness (QED) is 0.510. The Morgan fingerprint density at radius 3 is 2.42 bits per heavy atom. The summed E-state index contributed by atoms with van der Waals surface area (Å²) < 4.78 is 0.615. The third kappa shape index (κ3) is 3.06. The summed E-state index contributed by atoms with van der Waals surface area (Å²) in [6, 6.07) is 0. The van der Waals surface area contributed by atoms with Crippen LogP contribution in [0.15, 0.2) is 11.6 Å². The molecular weight excluding hydrogens is 248 g/mol. The maximum Gasteiger partial charge on any atom is 0.0244 e.